The number of fused-ring (bicyclic) bond motifs is 4. The van der Waals surface area contributed by atoms with E-state index in [0.29, 0.717) is 29.6 Å². The van der Waals surface area contributed by atoms with Crippen LogP contribution in [0, 0.1) is 13.8 Å². The summed E-state index contributed by atoms with van der Waals surface area (Å²) in [4.78, 5) is 24.0. The van der Waals surface area contributed by atoms with Gasteiger partial charge in [-0.25, -0.2) is 4.98 Å². The Balaban J connectivity index is 1.74. The van der Waals surface area contributed by atoms with Crippen LogP contribution in [-0.4, -0.2) is 32.1 Å². The molecule has 0 aliphatic carbocycles. The fraction of sp³-hybridized carbons (Fsp3) is 0.286. The van der Waals surface area contributed by atoms with Crippen molar-refractivity contribution in [2.75, 3.05) is 18.1 Å². The zero-order valence-corrected chi connectivity index (χ0v) is 17.2. The number of hydrogen-bond acceptors (Lipinski definition) is 5. The Kier molecular flexibility index (Phi) is 4.03. The second-order valence-electron chi connectivity index (χ2n) is 7.44. The molecule has 1 aliphatic rings. The van der Waals surface area contributed by atoms with Crippen molar-refractivity contribution in [1.82, 2.24) is 18.9 Å². The topological polar surface area (TPSA) is 64.7 Å². The summed E-state index contributed by atoms with van der Waals surface area (Å²) in [5.74, 6) is 0.542. The van der Waals surface area contributed by atoms with Crippen LogP contribution in [0.15, 0.2) is 35.4 Å². The van der Waals surface area contributed by atoms with Gasteiger partial charge in [-0.15, -0.1) is 0 Å². The van der Waals surface area contributed by atoms with Gasteiger partial charge in [0, 0.05) is 13.6 Å². The highest BCUT2D eigenvalue weighted by Crippen LogP contribution is 2.33. The molecule has 5 rings (SSSR count). The van der Waals surface area contributed by atoms with Gasteiger partial charge in [0.25, 0.3) is 5.56 Å². The summed E-state index contributed by atoms with van der Waals surface area (Å²) in [5.41, 5.74) is 5.52. The zero-order valence-electron chi connectivity index (χ0n) is 16.4. The molecular formula is C21H20ClN5O2. The number of aromatic nitrogens is 4. The molecule has 0 bridgehead atoms. The van der Waals surface area contributed by atoms with Crippen molar-refractivity contribution in [1.29, 1.82) is 0 Å². The number of pyridine rings is 1. The molecule has 29 heavy (non-hydrogen) atoms. The molecule has 1 aromatic carbocycles. The molecule has 0 unspecified atom stereocenters. The fourth-order valence-electron chi connectivity index (χ4n) is 4.20. The average Bonchev–Trinajstić information content (AvgIpc) is 3.07. The maximum Gasteiger partial charge on any atom is 0.261 e. The monoisotopic (exact) mass is 409 g/mol. The summed E-state index contributed by atoms with van der Waals surface area (Å²) in [7, 11) is 1.79. The largest absolute Gasteiger partial charge is 0.474 e. The van der Waals surface area contributed by atoms with E-state index >= 15 is 0 Å². The molecule has 3 aromatic heterocycles. The maximum absolute atomic E-state index is 13.1. The molecular weight excluding hydrogens is 390 g/mol. The third-order valence-electron chi connectivity index (χ3n) is 5.45. The molecule has 4 aromatic rings. The summed E-state index contributed by atoms with van der Waals surface area (Å²) < 4.78 is 9.37. The smallest absolute Gasteiger partial charge is 0.261 e. The molecule has 0 fully saturated rings. The van der Waals surface area contributed by atoms with E-state index in [1.807, 2.05) is 30.4 Å². The molecule has 4 heterocycles. The molecule has 0 N–H and O–H groups in total. The Bertz CT molecular complexity index is 1340. The number of rotatable bonds is 2. The van der Waals surface area contributed by atoms with E-state index < -0.39 is 0 Å². The van der Waals surface area contributed by atoms with Crippen molar-refractivity contribution in [2.45, 2.75) is 20.4 Å². The van der Waals surface area contributed by atoms with E-state index in [9.17, 15) is 4.79 Å². The van der Waals surface area contributed by atoms with Crippen molar-refractivity contribution in [3.8, 4) is 5.88 Å². The fourth-order valence-corrected chi connectivity index (χ4v) is 4.34. The lowest BCUT2D eigenvalue weighted by molar-refractivity contribution is 0.295. The highest BCUT2D eigenvalue weighted by molar-refractivity contribution is 6.29. The lowest BCUT2D eigenvalue weighted by atomic mass is 10.1. The van der Waals surface area contributed by atoms with E-state index in [4.69, 9.17) is 16.3 Å². The SMILES string of the molecule is Cc1cc(CN2CCOc3nc(Cl)ccc32)c2c(c1)c(=O)n(C)c1c(C)ncn21. The molecule has 8 heteroatoms. The van der Waals surface area contributed by atoms with Gasteiger partial charge in [-0.3, -0.25) is 13.8 Å². The van der Waals surface area contributed by atoms with Gasteiger partial charge in [-0.2, -0.15) is 4.98 Å². The summed E-state index contributed by atoms with van der Waals surface area (Å²) in [6.45, 7) is 5.81. The summed E-state index contributed by atoms with van der Waals surface area (Å²) in [5, 5.41) is 1.10. The van der Waals surface area contributed by atoms with Crippen LogP contribution >= 0.6 is 11.6 Å². The number of aryl methyl sites for hydroxylation is 3. The Labute approximate surface area is 172 Å². The first-order valence-electron chi connectivity index (χ1n) is 9.44. The van der Waals surface area contributed by atoms with E-state index in [-0.39, 0.29) is 5.56 Å². The van der Waals surface area contributed by atoms with E-state index in [1.165, 1.54) is 0 Å². The minimum absolute atomic E-state index is 0.0168. The second-order valence-corrected chi connectivity index (χ2v) is 7.82. The van der Waals surface area contributed by atoms with Crippen molar-refractivity contribution >= 4 is 33.8 Å². The van der Waals surface area contributed by atoms with Gasteiger partial charge in [0.1, 0.15) is 29.4 Å². The minimum atomic E-state index is -0.0168. The van der Waals surface area contributed by atoms with E-state index in [1.54, 1.807) is 24.0 Å². The minimum Gasteiger partial charge on any atom is -0.474 e. The number of anilines is 1. The first-order chi connectivity index (χ1) is 13.9. The zero-order chi connectivity index (χ0) is 20.3. The van der Waals surface area contributed by atoms with Crippen LogP contribution in [0.4, 0.5) is 5.69 Å². The third kappa shape index (κ3) is 2.76. The number of ether oxygens (including phenoxy) is 1. The van der Waals surface area contributed by atoms with Crippen molar-refractivity contribution in [3.05, 3.63) is 62.9 Å². The Morgan fingerprint density at radius 2 is 2.07 bits per heavy atom. The van der Waals surface area contributed by atoms with E-state index in [0.717, 1.165) is 40.2 Å². The summed E-state index contributed by atoms with van der Waals surface area (Å²) in [6.07, 6.45) is 1.79. The Hall–Kier alpha value is -3.06. The Morgan fingerprint density at radius 3 is 2.90 bits per heavy atom. The number of nitrogens with zero attached hydrogens (tertiary/aromatic N) is 5. The lowest BCUT2D eigenvalue weighted by Crippen LogP contribution is -2.33. The molecule has 0 saturated carbocycles. The molecule has 148 valence electrons. The number of benzene rings is 1. The van der Waals surface area contributed by atoms with E-state index in [2.05, 4.69) is 20.9 Å². The van der Waals surface area contributed by atoms with Crippen LogP contribution in [0.3, 0.4) is 0 Å². The van der Waals surface area contributed by atoms with Gasteiger partial charge >= 0.3 is 0 Å². The Morgan fingerprint density at radius 1 is 1.24 bits per heavy atom. The maximum atomic E-state index is 13.1. The number of hydrogen-bond donors (Lipinski definition) is 0. The predicted octanol–water partition coefficient (Wildman–Crippen LogP) is 3.25. The number of halogens is 1. The standard InChI is InChI=1S/C21H20ClN5O2/c1-12-8-14(10-26-6-7-29-19-16(26)4-5-17(22)24-19)18-15(9-12)21(28)25(3)20-13(2)23-11-27(18)20/h4-5,8-9,11H,6-7,10H2,1-3H3. The highest BCUT2D eigenvalue weighted by Gasteiger charge is 2.22. The molecule has 0 radical (unpaired) electrons. The molecule has 1 aliphatic heterocycles. The van der Waals surface area contributed by atoms with Crippen LogP contribution in [0.5, 0.6) is 5.88 Å². The normalized spacial score (nSPS) is 13.7. The van der Waals surface area contributed by atoms with Gasteiger partial charge in [0.05, 0.1) is 23.1 Å². The summed E-state index contributed by atoms with van der Waals surface area (Å²) in [6, 6.07) is 7.78. The van der Waals surface area contributed by atoms with Crippen molar-refractivity contribution in [2.24, 2.45) is 7.05 Å². The number of imidazole rings is 1. The lowest BCUT2D eigenvalue weighted by Gasteiger charge is -2.31. The third-order valence-corrected chi connectivity index (χ3v) is 5.66. The quantitative estimate of drug-likeness (QED) is 0.475. The predicted molar refractivity (Wildman–Crippen MR) is 113 cm³/mol. The van der Waals surface area contributed by atoms with Crippen LogP contribution < -0.4 is 15.2 Å². The van der Waals surface area contributed by atoms with Crippen LogP contribution in [0.2, 0.25) is 5.15 Å². The van der Waals surface area contributed by atoms with Crippen molar-refractivity contribution in [3.63, 3.8) is 0 Å². The van der Waals surface area contributed by atoms with Gasteiger partial charge in [0.15, 0.2) is 0 Å². The van der Waals surface area contributed by atoms with Crippen molar-refractivity contribution < 1.29 is 4.74 Å². The first-order valence-corrected chi connectivity index (χ1v) is 9.82. The van der Waals surface area contributed by atoms with Gasteiger partial charge in [-0.1, -0.05) is 17.7 Å². The molecule has 0 saturated heterocycles. The second kappa shape index (κ2) is 6.49. The molecule has 0 atom stereocenters. The summed E-state index contributed by atoms with van der Waals surface area (Å²) >= 11 is 6.03. The highest BCUT2D eigenvalue weighted by atomic mass is 35.5. The van der Waals surface area contributed by atoms with Crippen LogP contribution in [0.1, 0.15) is 16.8 Å². The average molecular weight is 410 g/mol. The van der Waals surface area contributed by atoms with Gasteiger partial charge < -0.3 is 9.64 Å². The van der Waals surface area contributed by atoms with Gasteiger partial charge in [0.2, 0.25) is 5.88 Å². The van der Waals surface area contributed by atoms with Gasteiger partial charge in [-0.05, 0) is 43.2 Å². The molecule has 0 amide bonds. The van der Waals surface area contributed by atoms with Crippen LogP contribution in [-0.2, 0) is 13.6 Å². The molecule has 0 spiro atoms. The molecule has 7 nitrogen and oxygen atoms in total. The van der Waals surface area contributed by atoms with Crippen LogP contribution in [0.25, 0.3) is 16.6 Å². The first kappa shape index (κ1) is 18.0.